The van der Waals surface area contributed by atoms with E-state index >= 15 is 0 Å². The standard InChI is InChI=1S/C24H28BrN3O4S/c1-15-5-9-17(10-6-15)21-20(22(26)29)19-14-18(13-16-7-8-16)23(27-24(19)32-21)28(33(2,30)31)12-4-3-11-25/h5-6,9-10,14,16H,3-4,7-8,11-13H2,1-2H3,(H2,26,29). The van der Waals surface area contributed by atoms with Crippen molar-refractivity contribution in [2.24, 2.45) is 11.7 Å². The SMILES string of the molecule is Cc1ccc(-c2oc3nc(N(CCCCBr)S(C)(=O)=O)c(CC4CC4)cc3c2C(N)=O)cc1. The number of nitrogens with zero attached hydrogens (tertiary/aromatic N) is 2. The number of alkyl halides is 1. The van der Waals surface area contributed by atoms with Gasteiger partial charge in [-0.25, -0.2) is 8.42 Å². The Morgan fingerprint density at radius 1 is 1.24 bits per heavy atom. The molecule has 0 spiro atoms. The summed E-state index contributed by atoms with van der Waals surface area (Å²) < 4.78 is 32.9. The van der Waals surface area contributed by atoms with E-state index in [4.69, 9.17) is 10.2 Å². The molecule has 0 unspecified atom stereocenters. The zero-order chi connectivity index (χ0) is 23.8. The first kappa shape index (κ1) is 23.8. The molecular formula is C24H28BrN3O4S. The Bertz CT molecular complexity index is 1280. The minimum absolute atomic E-state index is 0.211. The number of benzene rings is 1. The molecule has 1 fully saturated rings. The first-order chi connectivity index (χ1) is 15.7. The number of sulfonamides is 1. The number of primary amides is 1. The molecule has 3 aromatic rings. The van der Waals surface area contributed by atoms with Crippen LogP contribution in [0.5, 0.6) is 0 Å². The van der Waals surface area contributed by atoms with Gasteiger partial charge in [0.1, 0.15) is 11.6 Å². The van der Waals surface area contributed by atoms with E-state index in [9.17, 15) is 13.2 Å². The zero-order valence-corrected chi connectivity index (χ0v) is 21.2. The van der Waals surface area contributed by atoms with E-state index in [0.29, 0.717) is 42.3 Å². The Morgan fingerprint density at radius 3 is 2.52 bits per heavy atom. The van der Waals surface area contributed by atoms with Crippen molar-refractivity contribution in [2.45, 2.75) is 39.0 Å². The number of hydrogen-bond donors (Lipinski definition) is 1. The molecule has 1 saturated carbocycles. The maximum Gasteiger partial charge on any atom is 0.253 e. The van der Waals surface area contributed by atoms with E-state index in [1.165, 1.54) is 10.6 Å². The van der Waals surface area contributed by atoms with E-state index in [1.54, 1.807) is 0 Å². The number of fused-ring (bicyclic) bond motifs is 1. The number of pyridine rings is 1. The molecule has 7 nitrogen and oxygen atoms in total. The van der Waals surface area contributed by atoms with Crippen molar-refractivity contribution in [1.82, 2.24) is 4.98 Å². The van der Waals surface area contributed by atoms with Gasteiger partial charge in [-0.3, -0.25) is 9.10 Å². The molecule has 0 bridgehead atoms. The molecule has 1 aliphatic rings. The van der Waals surface area contributed by atoms with Crippen molar-refractivity contribution in [3.63, 3.8) is 0 Å². The largest absolute Gasteiger partial charge is 0.437 e. The fraction of sp³-hybridized carbons (Fsp3) is 0.417. The summed E-state index contributed by atoms with van der Waals surface area (Å²) in [6.07, 6.45) is 5.64. The Hall–Kier alpha value is -2.39. The molecule has 0 atom stereocenters. The Labute approximate surface area is 202 Å². The second-order valence-corrected chi connectivity index (χ2v) is 11.4. The Morgan fingerprint density at radius 2 is 1.94 bits per heavy atom. The average Bonchev–Trinajstić information content (AvgIpc) is 3.48. The quantitative estimate of drug-likeness (QED) is 0.297. The van der Waals surface area contributed by atoms with Gasteiger partial charge in [0.25, 0.3) is 5.91 Å². The number of aryl methyl sites for hydroxylation is 1. The molecule has 2 N–H and O–H groups in total. The van der Waals surface area contributed by atoms with E-state index < -0.39 is 15.9 Å². The fourth-order valence-corrected chi connectivity index (χ4v) is 5.32. The third kappa shape index (κ3) is 5.24. The number of anilines is 1. The third-order valence-corrected chi connectivity index (χ3v) is 7.60. The van der Waals surface area contributed by atoms with Crippen LogP contribution in [0.1, 0.15) is 47.2 Å². The van der Waals surface area contributed by atoms with Crippen molar-refractivity contribution < 1.29 is 17.6 Å². The van der Waals surface area contributed by atoms with E-state index in [0.717, 1.165) is 41.3 Å². The summed E-state index contributed by atoms with van der Waals surface area (Å²) in [5.74, 6) is 0.623. The number of unbranched alkanes of at least 4 members (excludes halogenated alkanes) is 1. The Balaban J connectivity index is 1.91. The highest BCUT2D eigenvalue weighted by atomic mass is 79.9. The van der Waals surface area contributed by atoms with Crippen LogP contribution in [0.25, 0.3) is 22.4 Å². The molecule has 2 aromatic heterocycles. The Kier molecular flexibility index (Phi) is 6.81. The van der Waals surface area contributed by atoms with Crippen molar-refractivity contribution in [1.29, 1.82) is 0 Å². The van der Waals surface area contributed by atoms with Crippen LogP contribution in [0.15, 0.2) is 34.7 Å². The molecule has 0 saturated heterocycles. The van der Waals surface area contributed by atoms with E-state index in [2.05, 4.69) is 20.9 Å². The van der Waals surface area contributed by atoms with Crippen molar-refractivity contribution in [3.8, 4) is 11.3 Å². The van der Waals surface area contributed by atoms with E-state index in [1.807, 2.05) is 37.3 Å². The van der Waals surface area contributed by atoms with Crippen molar-refractivity contribution in [2.75, 3.05) is 22.4 Å². The lowest BCUT2D eigenvalue weighted by Gasteiger charge is -2.23. The summed E-state index contributed by atoms with van der Waals surface area (Å²) in [6.45, 7) is 2.31. The summed E-state index contributed by atoms with van der Waals surface area (Å²) in [7, 11) is -3.56. The third-order valence-electron chi connectivity index (χ3n) is 5.89. The molecule has 1 amide bonds. The maximum atomic E-state index is 12.7. The highest BCUT2D eigenvalue weighted by Crippen LogP contribution is 2.39. The van der Waals surface area contributed by atoms with Gasteiger partial charge in [0.2, 0.25) is 15.7 Å². The van der Waals surface area contributed by atoms with Crippen LogP contribution in [0.4, 0.5) is 5.82 Å². The van der Waals surface area contributed by atoms with Gasteiger partial charge in [-0.1, -0.05) is 45.8 Å². The van der Waals surface area contributed by atoms with Gasteiger partial charge < -0.3 is 10.2 Å². The van der Waals surface area contributed by atoms with Gasteiger partial charge in [0, 0.05) is 17.4 Å². The van der Waals surface area contributed by atoms with Crippen LogP contribution in [-0.2, 0) is 16.4 Å². The first-order valence-electron chi connectivity index (χ1n) is 11.1. The van der Waals surface area contributed by atoms with Gasteiger partial charge >= 0.3 is 0 Å². The average molecular weight is 534 g/mol. The topological polar surface area (TPSA) is 106 Å². The lowest BCUT2D eigenvalue weighted by atomic mass is 10.0. The van der Waals surface area contributed by atoms with Crippen LogP contribution in [0.3, 0.4) is 0 Å². The molecule has 2 heterocycles. The second-order valence-electron chi connectivity index (χ2n) is 8.74. The van der Waals surface area contributed by atoms with Gasteiger partial charge in [-0.2, -0.15) is 4.98 Å². The molecule has 4 rings (SSSR count). The highest BCUT2D eigenvalue weighted by molar-refractivity contribution is 9.09. The van der Waals surface area contributed by atoms with Crippen LogP contribution in [-0.4, -0.2) is 37.4 Å². The normalized spacial score (nSPS) is 14.0. The lowest BCUT2D eigenvalue weighted by Crippen LogP contribution is -2.32. The number of aromatic nitrogens is 1. The van der Waals surface area contributed by atoms with Crippen molar-refractivity contribution in [3.05, 3.63) is 47.0 Å². The molecule has 0 aliphatic heterocycles. The number of carbonyl (C=O) groups excluding carboxylic acids is 1. The van der Waals surface area contributed by atoms with Crippen LogP contribution < -0.4 is 10.0 Å². The fourth-order valence-electron chi connectivity index (χ4n) is 3.99. The summed E-state index contributed by atoms with van der Waals surface area (Å²) >= 11 is 3.40. The summed E-state index contributed by atoms with van der Waals surface area (Å²) in [4.78, 5) is 17.1. The number of halogens is 1. The van der Waals surface area contributed by atoms with Crippen LogP contribution in [0.2, 0.25) is 0 Å². The predicted molar refractivity (Wildman–Crippen MR) is 134 cm³/mol. The summed E-state index contributed by atoms with van der Waals surface area (Å²) in [5.41, 5.74) is 8.85. The monoisotopic (exact) mass is 533 g/mol. The molecule has 176 valence electrons. The smallest absolute Gasteiger partial charge is 0.253 e. The highest BCUT2D eigenvalue weighted by Gasteiger charge is 2.30. The van der Waals surface area contributed by atoms with Gasteiger partial charge in [-0.05, 0) is 56.6 Å². The number of hydrogen-bond acceptors (Lipinski definition) is 5. The molecule has 1 aromatic carbocycles. The van der Waals surface area contributed by atoms with Gasteiger partial charge in [0.05, 0.1) is 17.2 Å². The van der Waals surface area contributed by atoms with Gasteiger partial charge in [0.15, 0.2) is 0 Å². The zero-order valence-electron chi connectivity index (χ0n) is 18.8. The van der Waals surface area contributed by atoms with Gasteiger partial charge in [-0.15, -0.1) is 0 Å². The number of amides is 1. The summed E-state index contributed by atoms with van der Waals surface area (Å²) in [6, 6.07) is 9.45. The van der Waals surface area contributed by atoms with Crippen LogP contribution in [0, 0.1) is 12.8 Å². The van der Waals surface area contributed by atoms with E-state index in [-0.39, 0.29) is 11.3 Å². The number of carbonyl (C=O) groups is 1. The second kappa shape index (κ2) is 9.46. The molecule has 33 heavy (non-hydrogen) atoms. The summed E-state index contributed by atoms with van der Waals surface area (Å²) in [5, 5.41) is 1.32. The molecule has 0 radical (unpaired) electrons. The minimum atomic E-state index is -3.56. The van der Waals surface area contributed by atoms with Crippen molar-refractivity contribution >= 4 is 48.8 Å². The number of rotatable bonds is 10. The minimum Gasteiger partial charge on any atom is -0.437 e. The van der Waals surface area contributed by atoms with Crippen LogP contribution >= 0.6 is 15.9 Å². The molecule has 1 aliphatic carbocycles. The molecular weight excluding hydrogens is 506 g/mol. The first-order valence-corrected chi connectivity index (χ1v) is 14.0. The predicted octanol–water partition coefficient (Wildman–Crippen LogP) is 4.80. The maximum absolute atomic E-state index is 12.7. The number of furan rings is 1. The lowest BCUT2D eigenvalue weighted by molar-refractivity contribution is 0.100. The number of nitrogens with two attached hydrogens (primary N) is 1. The molecule has 9 heteroatoms.